The van der Waals surface area contributed by atoms with Crippen LogP contribution in [0.4, 0.5) is 5.69 Å². The first-order valence-corrected chi connectivity index (χ1v) is 6.35. The smallest absolute Gasteiger partial charge is 0.276 e. The van der Waals surface area contributed by atoms with Crippen molar-refractivity contribution >= 4 is 28.3 Å². The molecule has 0 bridgehead atoms. The third kappa shape index (κ3) is 3.19. The molecule has 0 N–H and O–H groups in total. The standard InChI is InChI=1S/C13H10INO3/c14-11-5-7-12(8-6-11)18-9-10-3-1-2-4-13(10)15(16)17/h1-8H,9H2. The number of benzene rings is 2. The molecule has 18 heavy (non-hydrogen) atoms. The maximum Gasteiger partial charge on any atom is 0.276 e. The highest BCUT2D eigenvalue weighted by Gasteiger charge is 2.12. The number of halogens is 1. The molecule has 0 saturated carbocycles. The lowest BCUT2D eigenvalue weighted by Crippen LogP contribution is -2.00. The van der Waals surface area contributed by atoms with Crippen molar-refractivity contribution in [3.8, 4) is 5.75 Å². The maximum atomic E-state index is 10.8. The molecule has 0 unspecified atom stereocenters. The minimum Gasteiger partial charge on any atom is -0.489 e. The number of nitro groups is 1. The predicted molar refractivity (Wildman–Crippen MR) is 76.6 cm³/mol. The average molecular weight is 355 g/mol. The van der Waals surface area contributed by atoms with Gasteiger partial charge in [-0.15, -0.1) is 0 Å². The van der Waals surface area contributed by atoms with Gasteiger partial charge in [-0.25, -0.2) is 0 Å². The molecule has 0 radical (unpaired) electrons. The Balaban J connectivity index is 2.10. The Morgan fingerprint density at radius 2 is 1.78 bits per heavy atom. The zero-order chi connectivity index (χ0) is 13.0. The van der Waals surface area contributed by atoms with E-state index in [0.29, 0.717) is 11.3 Å². The summed E-state index contributed by atoms with van der Waals surface area (Å²) < 4.78 is 6.65. The number of hydrogen-bond donors (Lipinski definition) is 0. The normalized spacial score (nSPS) is 10.1. The average Bonchev–Trinajstić information content (AvgIpc) is 2.38. The van der Waals surface area contributed by atoms with Gasteiger partial charge in [0.05, 0.1) is 10.5 Å². The van der Waals surface area contributed by atoms with Crippen LogP contribution in [-0.4, -0.2) is 4.92 Å². The molecule has 0 atom stereocenters. The molecule has 0 aliphatic carbocycles. The van der Waals surface area contributed by atoms with Crippen molar-refractivity contribution in [2.24, 2.45) is 0 Å². The molecule has 2 aromatic carbocycles. The summed E-state index contributed by atoms with van der Waals surface area (Å²) in [4.78, 5) is 10.4. The van der Waals surface area contributed by atoms with E-state index in [0.717, 1.165) is 3.57 Å². The molecule has 0 aromatic heterocycles. The van der Waals surface area contributed by atoms with Crippen LogP contribution >= 0.6 is 22.6 Å². The summed E-state index contributed by atoms with van der Waals surface area (Å²) in [6.45, 7) is 0.192. The van der Waals surface area contributed by atoms with Crippen LogP contribution in [0.5, 0.6) is 5.75 Å². The molecule has 0 fully saturated rings. The lowest BCUT2D eigenvalue weighted by atomic mass is 10.2. The van der Waals surface area contributed by atoms with E-state index in [2.05, 4.69) is 22.6 Å². The fourth-order valence-corrected chi connectivity index (χ4v) is 1.86. The van der Waals surface area contributed by atoms with Gasteiger partial charge < -0.3 is 4.74 Å². The van der Waals surface area contributed by atoms with Crippen LogP contribution in [0.3, 0.4) is 0 Å². The molecule has 0 aliphatic rings. The van der Waals surface area contributed by atoms with Crippen LogP contribution in [0.25, 0.3) is 0 Å². The second kappa shape index (κ2) is 5.81. The van der Waals surface area contributed by atoms with Gasteiger partial charge in [0.15, 0.2) is 0 Å². The van der Waals surface area contributed by atoms with Crippen LogP contribution in [0, 0.1) is 13.7 Å². The van der Waals surface area contributed by atoms with E-state index in [4.69, 9.17) is 4.74 Å². The fraction of sp³-hybridized carbons (Fsp3) is 0.0769. The highest BCUT2D eigenvalue weighted by Crippen LogP contribution is 2.20. The van der Waals surface area contributed by atoms with Gasteiger partial charge in [0.2, 0.25) is 0 Å². The Labute approximate surface area is 118 Å². The summed E-state index contributed by atoms with van der Waals surface area (Å²) in [5.41, 5.74) is 0.657. The van der Waals surface area contributed by atoms with E-state index in [-0.39, 0.29) is 12.3 Å². The van der Waals surface area contributed by atoms with Gasteiger partial charge in [0, 0.05) is 9.64 Å². The Hall–Kier alpha value is -1.63. The van der Waals surface area contributed by atoms with Crippen LogP contribution < -0.4 is 4.74 Å². The van der Waals surface area contributed by atoms with Crippen LogP contribution in [0.15, 0.2) is 48.5 Å². The number of para-hydroxylation sites is 1. The lowest BCUT2D eigenvalue weighted by molar-refractivity contribution is -0.385. The van der Waals surface area contributed by atoms with Crippen molar-refractivity contribution in [1.29, 1.82) is 0 Å². The van der Waals surface area contributed by atoms with Crippen LogP contribution in [0.1, 0.15) is 5.56 Å². The molecular formula is C13H10INO3. The van der Waals surface area contributed by atoms with Crippen molar-refractivity contribution in [2.45, 2.75) is 6.61 Å². The van der Waals surface area contributed by atoms with E-state index in [9.17, 15) is 10.1 Å². The summed E-state index contributed by atoms with van der Waals surface area (Å²) in [6, 6.07) is 14.1. The summed E-state index contributed by atoms with van der Waals surface area (Å²) in [5, 5.41) is 10.8. The molecule has 4 nitrogen and oxygen atoms in total. The zero-order valence-electron chi connectivity index (χ0n) is 9.38. The largest absolute Gasteiger partial charge is 0.489 e. The molecular weight excluding hydrogens is 345 g/mol. The summed E-state index contributed by atoms with van der Waals surface area (Å²) in [5.74, 6) is 0.702. The number of rotatable bonds is 4. The first-order valence-electron chi connectivity index (χ1n) is 5.27. The Morgan fingerprint density at radius 1 is 1.11 bits per heavy atom. The molecule has 5 heteroatoms. The lowest BCUT2D eigenvalue weighted by Gasteiger charge is -2.06. The quantitative estimate of drug-likeness (QED) is 0.477. The van der Waals surface area contributed by atoms with E-state index in [1.165, 1.54) is 6.07 Å². The molecule has 92 valence electrons. The number of nitro benzene ring substituents is 1. The Morgan fingerprint density at radius 3 is 2.44 bits per heavy atom. The highest BCUT2D eigenvalue weighted by molar-refractivity contribution is 14.1. The number of ether oxygens (including phenoxy) is 1. The van der Waals surface area contributed by atoms with Crippen molar-refractivity contribution in [3.63, 3.8) is 0 Å². The molecule has 0 heterocycles. The molecule has 2 aromatic rings. The third-order valence-electron chi connectivity index (χ3n) is 2.40. The second-order valence-electron chi connectivity index (χ2n) is 3.63. The zero-order valence-corrected chi connectivity index (χ0v) is 11.5. The topological polar surface area (TPSA) is 52.4 Å². The molecule has 0 amide bonds. The first kappa shape index (κ1) is 12.8. The predicted octanol–water partition coefficient (Wildman–Crippen LogP) is 3.78. The summed E-state index contributed by atoms with van der Waals surface area (Å²) in [7, 11) is 0. The van der Waals surface area contributed by atoms with Crippen LogP contribution in [0.2, 0.25) is 0 Å². The van der Waals surface area contributed by atoms with Gasteiger partial charge >= 0.3 is 0 Å². The summed E-state index contributed by atoms with van der Waals surface area (Å²) in [6.07, 6.45) is 0. The summed E-state index contributed by atoms with van der Waals surface area (Å²) >= 11 is 2.21. The minimum absolute atomic E-state index is 0.0861. The second-order valence-corrected chi connectivity index (χ2v) is 4.87. The van der Waals surface area contributed by atoms with Gasteiger partial charge in [-0.05, 0) is 52.9 Å². The van der Waals surface area contributed by atoms with Gasteiger partial charge in [0.25, 0.3) is 5.69 Å². The Bertz CT molecular complexity index is 554. The van der Waals surface area contributed by atoms with E-state index < -0.39 is 4.92 Å². The van der Waals surface area contributed by atoms with Crippen molar-refractivity contribution in [1.82, 2.24) is 0 Å². The van der Waals surface area contributed by atoms with E-state index >= 15 is 0 Å². The molecule has 0 aliphatic heterocycles. The van der Waals surface area contributed by atoms with Gasteiger partial charge in [-0.1, -0.05) is 12.1 Å². The molecule has 0 spiro atoms. The monoisotopic (exact) mass is 355 g/mol. The molecule has 2 rings (SSSR count). The van der Waals surface area contributed by atoms with Gasteiger partial charge in [-0.3, -0.25) is 10.1 Å². The van der Waals surface area contributed by atoms with Crippen molar-refractivity contribution in [2.75, 3.05) is 0 Å². The third-order valence-corrected chi connectivity index (χ3v) is 3.12. The highest BCUT2D eigenvalue weighted by atomic mass is 127. The first-order chi connectivity index (χ1) is 8.66. The maximum absolute atomic E-state index is 10.8. The van der Waals surface area contributed by atoms with Gasteiger partial charge in [-0.2, -0.15) is 0 Å². The number of nitrogens with zero attached hydrogens (tertiary/aromatic N) is 1. The number of hydrogen-bond acceptors (Lipinski definition) is 3. The van der Waals surface area contributed by atoms with Crippen LogP contribution in [-0.2, 0) is 6.61 Å². The minimum atomic E-state index is -0.396. The SMILES string of the molecule is O=[N+]([O-])c1ccccc1COc1ccc(I)cc1. The van der Waals surface area contributed by atoms with E-state index in [1.807, 2.05) is 24.3 Å². The van der Waals surface area contributed by atoms with Crippen molar-refractivity contribution in [3.05, 3.63) is 67.8 Å². The Kier molecular flexibility index (Phi) is 4.14. The molecule has 0 saturated heterocycles. The van der Waals surface area contributed by atoms with E-state index in [1.54, 1.807) is 18.2 Å². The van der Waals surface area contributed by atoms with Gasteiger partial charge in [0.1, 0.15) is 12.4 Å². The van der Waals surface area contributed by atoms with Crippen molar-refractivity contribution < 1.29 is 9.66 Å². The fourth-order valence-electron chi connectivity index (χ4n) is 1.50.